The average molecular weight is 235 g/mol. The Kier molecular flexibility index (Phi) is 5.33. The molecule has 0 amide bonds. The first kappa shape index (κ1) is 13.9. The van der Waals surface area contributed by atoms with E-state index >= 15 is 0 Å². The summed E-state index contributed by atoms with van der Waals surface area (Å²) in [4.78, 5) is 0. The quantitative estimate of drug-likeness (QED) is 0.679. The molecule has 0 aliphatic heterocycles. The monoisotopic (exact) mass is 235 g/mol. The first-order valence-electron chi connectivity index (χ1n) is 6.67. The molecule has 96 valence electrons. The number of unbranched alkanes of at least 4 members (excludes halogenated alkanes) is 1. The van der Waals surface area contributed by atoms with Gasteiger partial charge in [0, 0.05) is 5.54 Å². The summed E-state index contributed by atoms with van der Waals surface area (Å²) in [7, 11) is 0. The molecule has 0 radical (unpaired) electrons. The summed E-state index contributed by atoms with van der Waals surface area (Å²) in [5.41, 5.74) is 0.934. The normalized spacial score (nSPS) is 14.3. The van der Waals surface area contributed by atoms with Crippen LogP contribution in [0.5, 0.6) is 5.75 Å². The number of anilines is 1. The van der Waals surface area contributed by atoms with Crippen LogP contribution in [0.25, 0.3) is 0 Å². The number of para-hydroxylation sites is 2. The van der Waals surface area contributed by atoms with Crippen molar-refractivity contribution < 1.29 is 5.11 Å². The van der Waals surface area contributed by atoms with E-state index in [0.717, 1.165) is 24.9 Å². The molecule has 2 N–H and O–H groups in total. The average Bonchev–Trinajstić information content (AvgIpc) is 2.30. The maximum Gasteiger partial charge on any atom is 0.138 e. The lowest BCUT2D eigenvalue weighted by Crippen LogP contribution is -2.34. The third-order valence-corrected chi connectivity index (χ3v) is 3.22. The molecule has 1 aromatic carbocycles. The zero-order valence-electron chi connectivity index (χ0n) is 11.3. The minimum absolute atomic E-state index is 0.0869. The second kappa shape index (κ2) is 6.53. The van der Waals surface area contributed by atoms with Crippen molar-refractivity contribution in [3.8, 4) is 5.75 Å². The smallest absolute Gasteiger partial charge is 0.138 e. The lowest BCUT2D eigenvalue weighted by Gasteiger charge is -2.32. The molecule has 0 saturated heterocycles. The summed E-state index contributed by atoms with van der Waals surface area (Å²) in [6.07, 6.45) is 5.85. The fourth-order valence-corrected chi connectivity index (χ4v) is 2.27. The van der Waals surface area contributed by atoms with Gasteiger partial charge in [0.05, 0.1) is 5.69 Å². The molecule has 0 bridgehead atoms. The molecule has 0 fully saturated rings. The van der Waals surface area contributed by atoms with Gasteiger partial charge in [-0.2, -0.15) is 0 Å². The molecule has 1 aromatic rings. The van der Waals surface area contributed by atoms with Crippen LogP contribution in [0.15, 0.2) is 24.3 Å². The molecule has 0 aliphatic carbocycles. The molecule has 1 rings (SSSR count). The highest BCUT2D eigenvalue weighted by atomic mass is 16.3. The van der Waals surface area contributed by atoms with Crippen LogP contribution in [0.2, 0.25) is 0 Å². The lowest BCUT2D eigenvalue weighted by atomic mass is 9.89. The standard InChI is InChI=1S/C15H25NO/c1-4-6-12-15(3,11-5-2)16-13-9-7-8-10-14(13)17/h7-10,16-17H,4-6,11-12H2,1-3H3. The zero-order valence-corrected chi connectivity index (χ0v) is 11.3. The Hall–Kier alpha value is -1.18. The number of nitrogens with one attached hydrogen (secondary N) is 1. The predicted octanol–water partition coefficient (Wildman–Crippen LogP) is 4.55. The van der Waals surface area contributed by atoms with Gasteiger partial charge in [0.15, 0.2) is 0 Å². The number of phenols is 1. The summed E-state index contributed by atoms with van der Waals surface area (Å²) in [6, 6.07) is 7.47. The Labute approximate surface area is 105 Å². The Morgan fingerprint density at radius 2 is 1.82 bits per heavy atom. The van der Waals surface area contributed by atoms with E-state index in [4.69, 9.17) is 0 Å². The van der Waals surface area contributed by atoms with E-state index in [1.54, 1.807) is 6.07 Å². The predicted molar refractivity (Wildman–Crippen MR) is 74.6 cm³/mol. The van der Waals surface area contributed by atoms with Crippen LogP contribution in [-0.4, -0.2) is 10.6 Å². The van der Waals surface area contributed by atoms with Gasteiger partial charge in [0.1, 0.15) is 5.75 Å². The van der Waals surface area contributed by atoms with Crippen LogP contribution in [0.1, 0.15) is 52.9 Å². The topological polar surface area (TPSA) is 32.3 Å². The van der Waals surface area contributed by atoms with Crippen molar-refractivity contribution in [2.24, 2.45) is 0 Å². The number of hydrogen-bond acceptors (Lipinski definition) is 2. The maximum atomic E-state index is 9.80. The van der Waals surface area contributed by atoms with Gasteiger partial charge < -0.3 is 10.4 Å². The van der Waals surface area contributed by atoms with E-state index in [2.05, 4.69) is 26.1 Å². The summed E-state index contributed by atoms with van der Waals surface area (Å²) < 4.78 is 0. The van der Waals surface area contributed by atoms with Crippen molar-refractivity contribution in [3.63, 3.8) is 0 Å². The van der Waals surface area contributed by atoms with Crippen molar-refractivity contribution in [2.45, 2.75) is 58.4 Å². The van der Waals surface area contributed by atoms with Gasteiger partial charge >= 0.3 is 0 Å². The highest BCUT2D eigenvalue weighted by molar-refractivity contribution is 5.56. The van der Waals surface area contributed by atoms with E-state index in [9.17, 15) is 5.11 Å². The van der Waals surface area contributed by atoms with Crippen molar-refractivity contribution in [2.75, 3.05) is 5.32 Å². The van der Waals surface area contributed by atoms with Gasteiger partial charge in [0.25, 0.3) is 0 Å². The second-order valence-electron chi connectivity index (χ2n) is 5.06. The third-order valence-electron chi connectivity index (χ3n) is 3.22. The Bertz CT molecular complexity index is 337. The highest BCUT2D eigenvalue weighted by Crippen LogP contribution is 2.30. The molecule has 17 heavy (non-hydrogen) atoms. The molecule has 0 aromatic heterocycles. The van der Waals surface area contributed by atoms with Crippen molar-refractivity contribution in [1.29, 1.82) is 0 Å². The van der Waals surface area contributed by atoms with Crippen LogP contribution in [0.4, 0.5) is 5.69 Å². The number of aromatic hydroxyl groups is 1. The highest BCUT2D eigenvalue weighted by Gasteiger charge is 2.22. The molecular weight excluding hydrogens is 210 g/mol. The first-order chi connectivity index (χ1) is 8.11. The summed E-state index contributed by atoms with van der Waals surface area (Å²) in [5, 5.41) is 13.3. The van der Waals surface area contributed by atoms with Crippen molar-refractivity contribution >= 4 is 5.69 Å². The molecule has 2 nitrogen and oxygen atoms in total. The fourth-order valence-electron chi connectivity index (χ4n) is 2.27. The molecular formula is C15H25NO. The zero-order chi connectivity index (χ0) is 12.7. The number of phenolic OH excluding ortho intramolecular Hbond substituents is 1. The molecule has 0 heterocycles. The first-order valence-corrected chi connectivity index (χ1v) is 6.67. The van der Waals surface area contributed by atoms with Gasteiger partial charge in [0.2, 0.25) is 0 Å². The molecule has 1 atom stereocenters. The second-order valence-corrected chi connectivity index (χ2v) is 5.06. The van der Waals surface area contributed by atoms with Gasteiger partial charge in [-0.25, -0.2) is 0 Å². The maximum absolute atomic E-state index is 9.80. The van der Waals surface area contributed by atoms with E-state index in [1.807, 2.05) is 18.2 Å². The van der Waals surface area contributed by atoms with Crippen LogP contribution in [0.3, 0.4) is 0 Å². The largest absolute Gasteiger partial charge is 0.506 e. The van der Waals surface area contributed by atoms with Gasteiger partial charge in [-0.3, -0.25) is 0 Å². The minimum Gasteiger partial charge on any atom is -0.506 e. The van der Waals surface area contributed by atoms with Crippen molar-refractivity contribution in [1.82, 2.24) is 0 Å². The number of hydrogen-bond donors (Lipinski definition) is 2. The summed E-state index contributed by atoms with van der Waals surface area (Å²) in [6.45, 7) is 6.67. The van der Waals surface area contributed by atoms with Crippen LogP contribution < -0.4 is 5.32 Å². The lowest BCUT2D eigenvalue weighted by molar-refractivity contribution is 0.412. The summed E-state index contributed by atoms with van der Waals surface area (Å²) >= 11 is 0. The summed E-state index contributed by atoms with van der Waals surface area (Å²) in [5.74, 6) is 0.339. The van der Waals surface area contributed by atoms with E-state index in [-0.39, 0.29) is 5.54 Å². The number of benzene rings is 1. The Balaban J connectivity index is 2.75. The van der Waals surface area contributed by atoms with E-state index < -0.39 is 0 Å². The van der Waals surface area contributed by atoms with E-state index in [1.165, 1.54) is 12.8 Å². The third kappa shape index (κ3) is 4.29. The molecule has 2 heteroatoms. The molecule has 1 unspecified atom stereocenters. The minimum atomic E-state index is 0.0869. The van der Waals surface area contributed by atoms with Crippen LogP contribution in [0, 0.1) is 0 Å². The molecule has 0 aliphatic rings. The molecule has 0 saturated carbocycles. The fraction of sp³-hybridized carbons (Fsp3) is 0.600. The van der Waals surface area contributed by atoms with Crippen LogP contribution in [-0.2, 0) is 0 Å². The van der Waals surface area contributed by atoms with Gasteiger partial charge in [-0.1, -0.05) is 45.2 Å². The van der Waals surface area contributed by atoms with Crippen LogP contribution >= 0.6 is 0 Å². The Morgan fingerprint density at radius 3 is 2.41 bits per heavy atom. The number of rotatable bonds is 7. The van der Waals surface area contributed by atoms with E-state index in [0.29, 0.717) is 5.75 Å². The SMILES string of the molecule is CCCCC(C)(CCC)Nc1ccccc1O. The van der Waals surface area contributed by atoms with Crippen molar-refractivity contribution in [3.05, 3.63) is 24.3 Å². The Morgan fingerprint density at radius 1 is 1.12 bits per heavy atom. The molecule has 0 spiro atoms. The van der Waals surface area contributed by atoms with Gasteiger partial charge in [-0.05, 0) is 31.9 Å². The van der Waals surface area contributed by atoms with Gasteiger partial charge in [-0.15, -0.1) is 0 Å².